The molecule has 0 aliphatic carbocycles. The van der Waals surface area contributed by atoms with Gasteiger partial charge in [-0.1, -0.05) is 30.3 Å². The molecule has 3 aromatic rings. The summed E-state index contributed by atoms with van der Waals surface area (Å²) < 4.78 is 39.6. The SMILES string of the molecule is O=C1CC(CNc2ccc3nnc(C(F)(F)F)n3n2)CN1CCc1ccccc1. The van der Waals surface area contributed by atoms with Crippen LogP contribution in [-0.4, -0.2) is 50.3 Å². The van der Waals surface area contributed by atoms with E-state index >= 15 is 0 Å². The molecule has 1 fully saturated rings. The van der Waals surface area contributed by atoms with Crippen molar-refractivity contribution in [1.82, 2.24) is 24.7 Å². The van der Waals surface area contributed by atoms with Crippen LogP contribution in [0.3, 0.4) is 0 Å². The summed E-state index contributed by atoms with van der Waals surface area (Å²) in [4.78, 5) is 14.1. The molecule has 152 valence electrons. The smallest absolute Gasteiger partial charge is 0.368 e. The molecule has 10 heteroatoms. The Kier molecular flexibility index (Phi) is 5.08. The van der Waals surface area contributed by atoms with Crippen molar-refractivity contribution < 1.29 is 18.0 Å². The van der Waals surface area contributed by atoms with Crippen LogP contribution < -0.4 is 5.32 Å². The third-order valence-electron chi connectivity index (χ3n) is 4.90. The Labute approximate surface area is 164 Å². The van der Waals surface area contributed by atoms with Crippen molar-refractivity contribution in [3.05, 3.63) is 53.9 Å². The largest absolute Gasteiger partial charge is 0.453 e. The maximum atomic E-state index is 13.0. The van der Waals surface area contributed by atoms with E-state index in [0.29, 0.717) is 30.6 Å². The molecule has 0 bridgehead atoms. The summed E-state index contributed by atoms with van der Waals surface area (Å²) >= 11 is 0. The number of anilines is 1. The molecule has 4 rings (SSSR count). The molecule has 7 nitrogen and oxygen atoms in total. The number of carbonyl (C=O) groups is 1. The minimum Gasteiger partial charge on any atom is -0.368 e. The van der Waals surface area contributed by atoms with Gasteiger partial charge in [0.1, 0.15) is 5.82 Å². The van der Waals surface area contributed by atoms with Crippen molar-refractivity contribution in [2.24, 2.45) is 5.92 Å². The van der Waals surface area contributed by atoms with Gasteiger partial charge in [0.05, 0.1) is 0 Å². The quantitative estimate of drug-likeness (QED) is 0.684. The first-order valence-corrected chi connectivity index (χ1v) is 9.25. The number of fused-ring (bicyclic) bond motifs is 1. The highest BCUT2D eigenvalue weighted by molar-refractivity contribution is 5.78. The van der Waals surface area contributed by atoms with Crippen LogP contribution in [0.2, 0.25) is 0 Å². The summed E-state index contributed by atoms with van der Waals surface area (Å²) in [6, 6.07) is 12.9. The number of halogens is 3. The number of carbonyl (C=O) groups excluding carboxylic acids is 1. The fraction of sp³-hybridized carbons (Fsp3) is 0.368. The minimum absolute atomic E-state index is 0.0195. The fourth-order valence-corrected chi connectivity index (χ4v) is 3.42. The lowest BCUT2D eigenvalue weighted by Crippen LogP contribution is -2.28. The second kappa shape index (κ2) is 7.69. The number of nitrogens with one attached hydrogen (secondary N) is 1. The fourth-order valence-electron chi connectivity index (χ4n) is 3.42. The first-order valence-electron chi connectivity index (χ1n) is 9.25. The summed E-state index contributed by atoms with van der Waals surface area (Å²) in [5.74, 6) is -0.731. The number of likely N-dealkylation sites (tertiary alicyclic amines) is 1. The van der Waals surface area contributed by atoms with Crippen molar-refractivity contribution in [2.75, 3.05) is 25.0 Å². The third-order valence-corrected chi connectivity index (χ3v) is 4.90. The molecule has 29 heavy (non-hydrogen) atoms. The van der Waals surface area contributed by atoms with Crippen molar-refractivity contribution >= 4 is 17.4 Å². The number of aromatic nitrogens is 4. The van der Waals surface area contributed by atoms with Crippen LogP contribution in [0.5, 0.6) is 0 Å². The molecule has 1 aliphatic rings. The predicted octanol–water partition coefficient (Wildman–Crippen LogP) is 2.65. The number of rotatable bonds is 6. The Morgan fingerprint density at radius 1 is 1.10 bits per heavy atom. The third kappa shape index (κ3) is 4.30. The Balaban J connectivity index is 1.35. The molecular weight excluding hydrogens is 385 g/mol. The first-order chi connectivity index (χ1) is 13.9. The highest BCUT2D eigenvalue weighted by atomic mass is 19.4. The summed E-state index contributed by atoms with van der Waals surface area (Å²) in [7, 11) is 0. The topological polar surface area (TPSA) is 75.4 Å². The number of hydrogen-bond donors (Lipinski definition) is 1. The molecule has 3 heterocycles. The molecule has 1 aliphatic heterocycles. The maximum Gasteiger partial charge on any atom is 0.453 e. The summed E-state index contributed by atoms with van der Waals surface area (Å²) in [5.41, 5.74) is 1.19. The van der Waals surface area contributed by atoms with Gasteiger partial charge in [0.15, 0.2) is 5.65 Å². The summed E-state index contributed by atoms with van der Waals surface area (Å²) in [5, 5.41) is 13.6. The molecule has 0 spiro atoms. The van der Waals surface area contributed by atoms with Crippen LogP contribution >= 0.6 is 0 Å². The highest BCUT2D eigenvalue weighted by Gasteiger charge is 2.37. The summed E-state index contributed by atoms with van der Waals surface area (Å²) in [6.07, 6.45) is -3.44. The standard InChI is InChI=1S/C19H19F3N6O/c20-19(21,22)18-25-24-16-7-6-15(26-28(16)18)23-11-14-10-17(29)27(12-14)9-8-13-4-2-1-3-5-13/h1-7,14H,8-12H2,(H,23,26). The number of nitrogens with zero attached hydrogens (tertiary/aromatic N) is 5. The molecule has 0 radical (unpaired) electrons. The normalized spacial score (nSPS) is 17.3. The van der Waals surface area contributed by atoms with Crippen LogP contribution in [-0.2, 0) is 17.4 Å². The van der Waals surface area contributed by atoms with Crippen LogP contribution in [0.1, 0.15) is 17.8 Å². The lowest BCUT2D eigenvalue weighted by molar-refractivity contribution is -0.146. The van der Waals surface area contributed by atoms with E-state index < -0.39 is 12.0 Å². The zero-order chi connectivity index (χ0) is 20.4. The van der Waals surface area contributed by atoms with Gasteiger partial charge in [-0.15, -0.1) is 15.3 Å². The Morgan fingerprint density at radius 2 is 1.90 bits per heavy atom. The van der Waals surface area contributed by atoms with E-state index in [1.807, 2.05) is 35.2 Å². The average molecular weight is 404 g/mol. The van der Waals surface area contributed by atoms with Crippen LogP contribution in [0, 0.1) is 5.92 Å². The van der Waals surface area contributed by atoms with E-state index in [1.165, 1.54) is 11.6 Å². The van der Waals surface area contributed by atoms with E-state index in [9.17, 15) is 18.0 Å². The lowest BCUT2D eigenvalue weighted by atomic mass is 10.1. The van der Waals surface area contributed by atoms with E-state index in [0.717, 1.165) is 6.42 Å². The van der Waals surface area contributed by atoms with Gasteiger partial charge < -0.3 is 10.2 Å². The zero-order valence-electron chi connectivity index (χ0n) is 15.4. The van der Waals surface area contributed by atoms with Gasteiger partial charge in [0.2, 0.25) is 5.91 Å². The monoisotopic (exact) mass is 404 g/mol. The van der Waals surface area contributed by atoms with Gasteiger partial charge in [-0.2, -0.15) is 17.7 Å². The number of amides is 1. The van der Waals surface area contributed by atoms with Crippen molar-refractivity contribution in [3.8, 4) is 0 Å². The molecule has 1 aromatic carbocycles. The minimum atomic E-state index is -4.64. The summed E-state index contributed by atoms with van der Waals surface area (Å²) in [6.45, 7) is 1.70. The van der Waals surface area contributed by atoms with E-state index in [1.54, 1.807) is 6.07 Å². The Hall–Kier alpha value is -3.17. The molecule has 1 saturated heterocycles. The number of alkyl halides is 3. The van der Waals surface area contributed by atoms with Crippen molar-refractivity contribution in [2.45, 2.75) is 19.0 Å². The molecular formula is C19H19F3N6O. The second-order valence-electron chi connectivity index (χ2n) is 7.04. The molecule has 1 unspecified atom stereocenters. The first kappa shape index (κ1) is 19.2. The Bertz CT molecular complexity index is 1000. The van der Waals surface area contributed by atoms with Gasteiger partial charge in [-0.3, -0.25) is 4.79 Å². The van der Waals surface area contributed by atoms with Gasteiger partial charge in [-0.25, -0.2) is 0 Å². The second-order valence-corrected chi connectivity index (χ2v) is 7.04. The molecule has 1 atom stereocenters. The van der Waals surface area contributed by atoms with Crippen molar-refractivity contribution in [3.63, 3.8) is 0 Å². The van der Waals surface area contributed by atoms with Gasteiger partial charge >= 0.3 is 6.18 Å². The zero-order valence-corrected chi connectivity index (χ0v) is 15.4. The van der Waals surface area contributed by atoms with Gasteiger partial charge in [0.25, 0.3) is 5.82 Å². The van der Waals surface area contributed by atoms with Crippen molar-refractivity contribution in [1.29, 1.82) is 0 Å². The maximum absolute atomic E-state index is 13.0. The lowest BCUT2D eigenvalue weighted by Gasteiger charge is -2.17. The van der Waals surface area contributed by atoms with E-state index in [4.69, 9.17) is 0 Å². The molecule has 2 aromatic heterocycles. The molecule has 1 amide bonds. The number of hydrogen-bond acceptors (Lipinski definition) is 5. The van der Waals surface area contributed by atoms with E-state index in [2.05, 4.69) is 20.6 Å². The van der Waals surface area contributed by atoms with Gasteiger partial charge in [-0.05, 0) is 24.1 Å². The highest BCUT2D eigenvalue weighted by Crippen LogP contribution is 2.27. The van der Waals surface area contributed by atoms with Crippen LogP contribution in [0.25, 0.3) is 5.65 Å². The van der Waals surface area contributed by atoms with Crippen LogP contribution in [0.4, 0.5) is 19.0 Å². The molecule has 1 N–H and O–H groups in total. The van der Waals surface area contributed by atoms with E-state index in [-0.39, 0.29) is 23.3 Å². The average Bonchev–Trinajstić information content (AvgIpc) is 3.28. The molecule has 0 saturated carbocycles. The number of benzene rings is 1. The predicted molar refractivity (Wildman–Crippen MR) is 99.1 cm³/mol. The van der Waals surface area contributed by atoms with Crippen LogP contribution in [0.15, 0.2) is 42.5 Å². The Morgan fingerprint density at radius 3 is 2.66 bits per heavy atom. The van der Waals surface area contributed by atoms with Gasteiger partial charge in [0, 0.05) is 32.0 Å².